The minimum absolute atomic E-state index is 0.131. The van der Waals surface area contributed by atoms with E-state index in [2.05, 4.69) is 10.4 Å². The molecule has 138 valence electrons. The zero-order valence-electron chi connectivity index (χ0n) is 14.8. The standard InChI is InChI=1S/C17H20N4O5/c1-11-6-4-5-7-14(11)8-18-15(22)10-26-16(23)9-20-13(3)17(21(24)25)12(2)19-20/h4-7H,8-10H2,1-3H3,(H,18,22). The fraction of sp³-hybridized carbons (Fsp3) is 0.353. The number of rotatable bonds is 7. The number of esters is 1. The number of benzene rings is 1. The minimum Gasteiger partial charge on any atom is -0.454 e. The number of aromatic nitrogens is 2. The molecule has 2 rings (SSSR count). The van der Waals surface area contributed by atoms with Crippen LogP contribution in [0.1, 0.15) is 22.5 Å². The molecule has 26 heavy (non-hydrogen) atoms. The summed E-state index contributed by atoms with van der Waals surface area (Å²) >= 11 is 0. The third-order valence-electron chi connectivity index (χ3n) is 3.91. The summed E-state index contributed by atoms with van der Waals surface area (Å²) in [5.41, 5.74) is 2.37. The molecular weight excluding hydrogens is 340 g/mol. The Bertz CT molecular complexity index is 844. The summed E-state index contributed by atoms with van der Waals surface area (Å²) < 4.78 is 6.10. The second-order valence-electron chi connectivity index (χ2n) is 5.80. The highest BCUT2D eigenvalue weighted by molar-refractivity contribution is 5.80. The van der Waals surface area contributed by atoms with Crippen LogP contribution < -0.4 is 5.32 Å². The van der Waals surface area contributed by atoms with Crippen LogP contribution >= 0.6 is 0 Å². The van der Waals surface area contributed by atoms with Crippen molar-refractivity contribution in [3.8, 4) is 0 Å². The first kappa shape index (κ1) is 19.1. The van der Waals surface area contributed by atoms with E-state index in [1.54, 1.807) is 0 Å². The van der Waals surface area contributed by atoms with Crippen molar-refractivity contribution < 1.29 is 19.2 Å². The number of nitrogens with one attached hydrogen (secondary N) is 1. The normalized spacial score (nSPS) is 10.4. The number of amides is 1. The van der Waals surface area contributed by atoms with Gasteiger partial charge < -0.3 is 10.1 Å². The van der Waals surface area contributed by atoms with Crippen molar-refractivity contribution in [2.45, 2.75) is 33.9 Å². The van der Waals surface area contributed by atoms with Crippen molar-refractivity contribution in [1.82, 2.24) is 15.1 Å². The Labute approximate surface area is 150 Å². The lowest BCUT2D eigenvalue weighted by molar-refractivity contribution is -0.386. The Kier molecular flexibility index (Phi) is 6.05. The number of carbonyl (C=O) groups excluding carboxylic acids is 2. The molecule has 0 radical (unpaired) electrons. The predicted molar refractivity (Wildman–Crippen MR) is 92.3 cm³/mol. The number of ether oxygens (including phenoxy) is 1. The second kappa shape index (κ2) is 8.24. The average Bonchev–Trinajstić information content (AvgIpc) is 2.86. The van der Waals surface area contributed by atoms with E-state index in [-0.39, 0.29) is 23.6 Å². The van der Waals surface area contributed by atoms with E-state index < -0.39 is 23.4 Å². The SMILES string of the molecule is Cc1ccccc1CNC(=O)COC(=O)Cn1nc(C)c([N+](=O)[O-])c1C. The molecule has 0 saturated carbocycles. The van der Waals surface area contributed by atoms with Crippen LogP contribution in [0.25, 0.3) is 0 Å². The van der Waals surface area contributed by atoms with Gasteiger partial charge in [0.15, 0.2) is 6.61 Å². The van der Waals surface area contributed by atoms with Crippen molar-refractivity contribution in [2.24, 2.45) is 0 Å². The van der Waals surface area contributed by atoms with Crippen LogP contribution in [0.4, 0.5) is 5.69 Å². The molecule has 0 fully saturated rings. The number of hydrogen-bond donors (Lipinski definition) is 1. The summed E-state index contributed by atoms with van der Waals surface area (Å²) in [6, 6.07) is 7.63. The van der Waals surface area contributed by atoms with E-state index in [1.807, 2.05) is 31.2 Å². The molecule has 0 aliphatic heterocycles. The minimum atomic E-state index is -0.698. The molecule has 0 aliphatic rings. The van der Waals surface area contributed by atoms with E-state index in [9.17, 15) is 19.7 Å². The number of aryl methyl sites for hydroxylation is 2. The zero-order valence-corrected chi connectivity index (χ0v) is 14.8. The Hall–Kier alpha value is -3.23. The van der Waals surface area contributed by atoms with Crippen molar-refractivity contribution in [3.63, 3.8) is 0 Å². The number of hydrogen-bond acceptors (Lipinski definition) is 6. The maximum Gasteiger partial charge on any atom is 0.328 e. The molecule has 1 N–H and O–H groups in total. The summed E-state index contributed by atoms with van der Waals surface area (Å²) in [5, 5.41) is 17.6. The summed E-state index contributed by atoms with van der Waals surface area (Å²) in [7, 11) is 0. The highest BCUT2D eigenvalue weighted by Crippen LogP contribution is 2.21. The van der Waals surface area contributed by atoms with Crippen LogP contribution in [-0.2, 0) is 27.4 Å². The first-order valence-electron chi connectivity index (χ1n) is 7.94. The van der Waals surface area contributed by atoms with Gasteiger partial charge in [-0.3, -0.25) is 24.4 Å². The van der Waals surface area contributed by atoms with Gasteiger partial charge in [0.1, 0.15) is 17.9 Å². The number of carbonyl (C=O) groups is 2. The molecular formula is C17H20N4O5. The molecule has 1 aromatic heterocycles. The molecule has 1 amide bonds. The van der Waals surface area contributed by atoms with Crippen molar-refractivity contribution in [1.29, 1.82) is 0 Å². The smallest absolute Gasteiger partial charge is 0.328 e. The Morgan fingerprint density at radius 1 is 1.27 bits per heavy atom. The maximum atomic E-state index is 11.9. The van der Waals surface area contributed by atoms with Gasteiger partial charge in [-0.25, -0.2) is 0 Å². The summed E-state index contributed by atoms with van der Waals surface area (Å²) in [6.07, 6.45) is 0. The molecule has 0 aliphatic carbocycles. The average molecular weight is 360 g/mol. The maximum absolute atomic E-state index is 11.9. The third-order valence-corrected chi connectivity index (χ3v) is 3.91. The van der Waals surface area contributed by atoms with E-state index in [0.29, 0.717) is 6.54 Å². The molecule has 0 saturated heterocycles. The lowest BCUT2D eigenvalue weighted by atomic mass is 10.1. The molecule has 0 unspecified atom stereocenters. The van der Waals surface area contributed by atoms with Gasteiger partial charge in [0, 0.05) is 6.54 Å². The zero-order chi connectivity index (χ0) is 19.3. The monoisotopic (exact) mass is 360 g/mol. The van der Waals surface area contributed by atoms with Gasteiger partial charge in [-0.05, 0) is 31.9 Å². The summed E-state index contributed by atoms with van der Waals surface area (Å²) in [5.74, 6) is -1.13. The molecule has 1 heterocycles. The van der Waals surface area contributed by atoms with E-state index in [0.717, 1.165) is 11.1 Å². The van der Waals surface area contributed by atoms with Gasteiger partial charge in [0.05, 0.1) is 4.92 Å². The Morgan fingerprint density at radius 2 is 1.96 bits per heavy atom. The van der Waals surface area contributed by atoms with E-state index >= 15 is 0 Å². The fourth-order valence-corrected chi connectivity index (χ4v) is 2.47. The molecule has 2 aromatic rings. The molecule has 0 atom stereocenters. The summed E-state index contributed by atoms with van der Waals surface area (Å²) in [6.45, 7) is 4.55. The van der Waals surface area contributed by atoms with Crippen LogP contribution in [-0.4, -0.2) is 33.2 Å². The lowest BCUT2D eigenvalue weighted by Gasteiger charge is -2.09. The quantitative estimate of drug-likeness (QED) is 0.455. The first-order chi connectivity index (χ1) is 12.3. The topological polar surface area (TPSA) is 116 Å². The van der Waals surface area contributed by atoms with Gasteiger partial charge in [-0.15, -0.1) is 0 Å². The van der Waals surface area contributed by atoms with Gasteiger partial charge >= 0.3 is 11.7 Å². The van der Waals surface area contributed by atoms with Crippen molar-refractivity contribution in [3.05, 3.63) is 56.9 Å². The van der Waals surface area contributed by atoms with Crippen LogP contribution in [0.3, 0.4) is 0 Å². The molecule has 9 nitrogen and oxygen atoms in total. The molecule has 0 spiro atoms. The highest BCUT2D eigenvalue weighted by Gasteiger charge is 2.23. The largest absolute Gasteiger partial charge is 0.454 e. The highest BCUT2D eigenvalue weighted by atomic mass is 16.6. The molecule has 9 heteroatoms. The van der Waals surface area contributed by atoms with Crippen molar-refractivity contribution in [2.75, 3.05) is 6.61 Å². The summed E-state index contributed by atoms with van der Waals surface area (Å²) in [4.78, 5) is 34.1. The van der Waals surface area contributed by atoms with Crippen LogP contribution in [0.2, 0.25) is 0 Å². The fourth-order valence-electron chi connectivity index (χ4n) is 2.47. The third kappa shape index (κ3) is 4.65. The van der Waals surface area contributed by atoms with Crippen LogP contribution in [0, 0.1) is 30.9 Å². The van der Waals surface area contributed by atoms with Crippen molar-refractivity contribution >= 4 is 17.6 Å². The Balaban J connectivity index is 1.83. The van der Waals surface area contributed by atoms with Gasteiger partial charge in [-0.1, -0.05) is 24.3 Å². The van der Waals surface area contributed by atoms with E-state index in [1.165, 1.54) is 18.5 Å². The Morgan fingerprint density at radius 3 is 2.58 bits per heavy atom. The number of nitro groups is 1. The second-order valence-corrected chi connectivity index (χ2v) is 5.80. The van der Waals surface area contributed by atoms with E-state index in [4.69, 9.17) is 4.74 Å². The van der Waals surface area contributed by atoms with Gasteiger partial charge in [-0.2, -0.15) is 5.10 Å². The first-order valence-corrected chi connectivity index (χ1v) is 7.94. The molecule has 1 aromatic carbocycles. The van der Waals surface area contributed by atoms with Gasteiger partial charge in [0.25, 0.3) is 5.91 Å². The molecule has 0 bridgehead atoms. The number of nitrogens with zero attached hydrogens (tertiary/aromatic N) is 3. The lowest BCUT2D eigenvalue weighted by Crippen LogP contribution is -2.29. The van der Waals surface area contributed by atoms with Crippen LogP contribution in [0.15, 0.2) is 24.3 Å². The van der Waals surface area contributed by atoms with Crippen LogP contribution in [0.5, 0.6) is 0 Å². The van der Waals surface area contributed by atoms with Gasteiger partial charge in [0.2, 0.25) is 0 Å². The predicted octanol–water partition coefficient (Wildman–Crippen LogP) is 1.58.